The van der Waals surface area contributed by atoms with Gasteiger partial charge in [-0.25, -0.2) is 15.0 Å². The van der Waals surface area contributed by atoms with Gasteiger partial charge in [0, 0.05) is 17.2 Å². The summed E-state index contributed by atoms with van der Waals surface area (Å²) in [5.41, 5.74) is 7.33. The third-order valence-electron chi connectivity index (χ3n) is 5.39. The van der Waals surface area contributed by atoms with Crippen molar-refractivity contribution in [3.05, 3.63) is 90.0 Å². The monoisotopic (exact) mass is 585 g/mol. The summed E-state index contributed by atoms with van der Waals surface area (Å²) in [6.07, 6.45) is 2.91. The van der Waals surface area contributed by atoms with Gasteiger partial charge in [-0.2, -0.15) is 20.2 Å². The van der Waals surface area contributed by atoms with Crippen LogP contribution in [0.1, 0.15) is 11.1 Å². The van der Waals surface area contributed by atoms with Gasteiger partial charge in [-0.3, -0.25) is 5.43 Å². The van der Waals surface area contributed by atoms with Crippen molar-refractivity contribution >= 4 is 47.6 Å². The van der Waals surface area contributed by atoms with Crippen LogP contribution in [-0.4, -0.2) is 64.9 Å². The van der Waals surface area contributed by atoms with Crippen LogP contribution in [0.2, 0.25) is 0 Å². The lowest BCUT2D eigenvalue weighted by atomic mass is 10.2. The van der Waals surface area contributed by atoms with Gasteiger partial charge in [-0.05, 0) is 36.4 Å². The Morgan fingerprint density at radius 2 is 1.26 bits per heavy atom. The summed E-state index contributed by atoms with van der Waals surface area (Å²) in [6.45, 7) is -0.988. The summed E-state index contributed by atoms with van der Waals surface area (Å²) in [4.78, 5) is 30.7. The standard InChI is InChI=1S/C29H27N7O7/c1-41-24-13-7-4-10-21(24)32-25-14-26(35-30-15-19-8-2-5-11-22(19)42-17-27(37)38)34-29(33-25)36-31-16-20-9-3-6-12-23(20)43-18-28(39)40/h2-16H,17-18H2,1H3,(H,37,38)(H,39,40)(H3,32,33,34,35,36). The van der Waals surface area contributed by atoms with E-state index in [1.165, 1.54) is 12.4 Å². The van der Waals surface area contributed by atoms with Crippen LogP contribution in [0.4, 0.5) is 23.3 Å². The number of rotatable bonds is 15. The summed E-state index contributed by atoms with van der Waals surface area (Å²) in [6, 6.07) is 22.6. The average Bonchev–Trinajstić information content (AvgIpc) is 3.00. The van der Waals surface area contributed by atoms with Crippen LogP contribution in [0.3, 0.4) is 0 Å². The van der Waals surface area contributed by atoms with Crippen LogP contribution < -0.4 is 30.4 Å². The number of aromatic nitrogens is 2. The van der Waals surface area contributed by atoms with E-state index in [-0.39, 0.29) is 11.8 Å². The first-order chi connectivity index (χ1) is 20.9. The fraction of sp³-hybridized carbons (Fsp3) is 0.103. The molecule has 3 aromatic carbocycles. The number of carboxylic acids is 2. The normalized spacial score (nSPS) is 10.8. The smallest absolute Gasteiger partial charge is 0.341 e. The lowest BCUT2D eigenvalue weighted by Gasteiger charge is -2.12. The molecular weight excluding hydrogens is 558 g/mol. The van der Waals surface area contributed by atoms with Gasteiger partial charge in [0.25, 0.3) is 0 Å². The van der Waals surface area contributed by atoms with E-state index >= 15 is 0 Å². The van der Waals surface area contributed by atoms with Gasteiger partial charge in [0.2, 0.25) is 5.95 Å². The van der Waals surface area contributed by atoms with Crippen LogP contribution >= 0.6 is 0 Å². The molecule has 0 aliphatic rings. The van der Waals surface area contributed by atoms with E-state index in [0.29, 0.717) is 39.9 Å². The molecule has 4 aromatic rings. The number of hydrazone groups is 2. The van der Waals surface area contributed by atoms with E-state index in [1.54, 1.807) is 67.8 Å². The molecule has 0 spiro atoms. The number of aliphatic carboxylic acids is 2. The molecule has 43 heavy (non-hydrogen) atoms. The van der Waals surface area contributed by atoms with Crippen LogP contribution in [0.5, 0.6) is 17.2 Å². The second kappa shape index (κ2) is 15.0. The first kappa shape index (κ1) is 29.8. The predicted molar refractivity (Wildman–Crippen MR) is 160 cm³/mol. The molecule has 0 atom stereocenters. The van der Waals surface area contributed by atoms with Crippen molar-refractivity contribution in [1.82, 2.24) is 9.97 Å². The van der Waals surface area contributed by atoms with Gasteiger partial charge >= 0.3 is 11.9 Å². The van der Waals surface area contributed by atoms with Crippen LogP contribution in [0.25, 0.3) is 0 Å². The molecule has 0 bridgehead atoms. The number of nitrogens with one attached hydrogen (secondary N) is 3. The van der Waals surface area contributed by atoms with Gasteiger partial charge in [-0.1, -0.05) is 36.4 Å². The highest BCUT2D eigenvalue weighted by atomic mass is 16.5. The van der Waals surface area contributed by atoms with Crippen LogP contribution in [-0.2, 0) is 9.59 Å². The second-order valence-corrected chi connectivity index (χ2v) is 8.47. The highest BCUT2D eigenvalue weighted by Gasteiger charge is 2.09. The van der Waals surface area contributed by atoms with Crippen molar-refractivity contribution in [3.63, 3.8) is 0 Å². The molecule has 14 nitrogen and oxygen atoms in total. The van der Waals surface area contributed by atoms with Crippen molar-refractivity contribution < 1.29 is 34.0 Å². The van der Waals surface area contributed by atoms with Gasteiger partial charge in [0.1, 0.15) is 23.1 Å². The maximum Gasteiger partial charge on any atom is 0.341 e. The SMILES string of the molecule is COc1ccccc1Nc1cc(NN=Cc2ccccc2OCC(=O)O)nc(NN=Cc2ccccc2OCC(=O)O)n1. The number of para-hydroxylation sites is 4. The largest absolute Gasteiger partial charge is 0.495 e. The summed E-state index contributed by atoms with van der Waals surface area (Å²) < 4.78 is 16.0. The maximum atomic E-state index is 10.9. The van der Waals surface area contributed by atoms with Crippen molar-refractivity contribution in [3.8, 4) is 17.2 Å². The minimum atomic E-state index is -1.10. The number of hydrogen-bond acceptors (Lipinski definition) is 12. The Balaban J connectivity index is 1.56. The van der Waals surface area contributed by atoms with E-state index in [1.807, 2.05) is 18.2 Å². The molecule has 1 aromatic heterocycles. The van der Waals surface area contributed by atoms with E-state index in [4.69, 9.17) is 24.4 Å². The fourth-order valence-corrected chi connectivity index (χ4v) is 3.55. The molecule has 0 aliphatic heterocycles. The topological polar surface area (TPSA) is 189 Å². The molecule has 0 fully saturated rings. The van der Waals surface area contributed by atoms with Gasteiger partial charge in [0.15, 0.2) is 19.0 Å². The first-order valence-electron chi connectivity index (χ1n) is 12.7. The van der Waals surface area contributed by atoms with Crippen LogP contribution in [0, 0.1) is 0 Å². The highest BCUT2D eigenvalue weighted by Crippen LogP contribution is 2.27. The van der Waals surface area contributed by atoms with Gasteiger partial charge < -0.3 is 29.7 Å². The number of nitrogens with zero attached hydrogens (tertiary/aromatic N) is 4. The van der Waals surface area contributed by atoms with E-state index in [0.717, 1.165) is 0 Å². The summed E-state index contributed by atoms with van der Waals surface area (Å²) in [5, 5.41) is 29.4. The Labute approximate surface area is 245 Å². The van der Waals surface area contributed by atoms with Gasteiger partial charge in [0.05, 0.1) is 25.2 Å². The van der Waals surface area contributed by atoms with Crippen LogP contribution in [0.15, 0.2) is 89.1 Å². The molecule has 1 heterocycles. The average molecular weight is 586 g/mol. The molecule has 14 heteroatoms. The zero-order chi connectivity index (χ0) is 30.4. The Kier molecular flexibility index (Phi) is 10.4. The molecule has 4 rings (SSSR count). The fourth-order valence-electron chi connectivity index (χ4n) is 3.55. The second-order valence-electron chi connectivity index (χ2n) is 8.47. The van der Waals surface area contributed by atoms with Gasteiger partial charge in [-0.15, -0.1) is 0 Å². The number of carbonyl (C=O) groups is 2. The molecule has 0 saturated heterocycles. The number of methoxy groups -OCH3 is 1. The lowest BCUT2D eigenvalue weighted by Crippen LogP contribution is -2.10. The number of ether oxygens (including phenoxy) is 3. The first-order valence-corrected chi connectivity index (χ1v) is 12.7. The summed E-state index contributed by atoms with van der Waals surface area (Å²) in [5.74, 6) is -0.148. The predicted octanol–water partition coefficient (Wildman–Crippen LogP) is 4.05. The Hall–Kier alpha value is -6.18. The molecule has 0 amide bonds. The van der Waals surface area contributed by atoms with E-state index in [2.05, 4.69) is 36.3 Å². The molecule has 0 unspecified atom stereocenters. The van der Waals surface area contributed by atoms with Crippen molar-refractivity contribution in [2.24, 2.45) is 10.2 Å². The summed E-state index contributed by atoms with van der Waals surface area (Å²) >= 11 is 0. The molecule has 0 saturated carbocycles. The molecule has 220 valence electrons. The third-order valence-corrected chi connectivity index (χ3v) is 5.39. The number of carboxylic acid groups (broad SMARTS) is 2. The molecule has 0 radical (unpaired) electrons. The highest BCUT2D eigenvalue weighted by molar-refractivity contribution is 5.85. The molecule has 0 aliphatic carbocycles. The van der Waals surface area contributed by atoms with E-state index < -0.39 is 25.2 Å². The number of hydrogen-bond donors (Lipinski definition) is 5. The van der Waals surface area contributed by atoms with Crippen molar-refractivity contribution in [1.29, 1.82) is 0 Å². The molecule has 5 N–H and O–H groups in total. The Bertz CT molecular complexity index is 1540. The zero-order valence-corrected chi connectivity index (χ0v) is 22.8. The number of anilines is 4. The molecular formula is C29H27N7O7. The minimum Gasteiger partial charge on any atom is -0.495 e. The summed E-state index contributed by atoms with van der Waals surface area (Å²) in [7, 11) is 1.56. The van der Waals surface area contributed by atoms with E-state index in [9.17, 15) is 9.59 Å². The number of benzene rings is 3. The van der Waals surface area contributed by atoms with Crippen molar-refractivity contribution in [2.75, 3.05) is 36.5 Å². The minimum absolute atomic E-state index is 0.1000. The zero-order valence-electron chi connectivity index (χ0n) is 22.8. The Morgan fingerprint density at radius 1 is 0.744 bits per heavy atom. The third kappa shape index (κ3) is 9.18. The quantitative estimate of drug-likeness (QED) is 0.0996. The van der Waals surface area contributed by atoms with Crippen molar-refractivity contribution in [2.45, 2.75) is 0 Å². The lowest BCUT2D eigenvalue weighted by molar-refractivity contribution is -0.140. The Morgan fingerprint density at radius 3 is 1.84 bits per heavy atom. The maximum absolute atomic E-state index is 10.9.